The average Bonchev–Trinajstić information content (AvgIpc) is 3.84. The molecule has 13 nitrogen and oxygen atoms in total. The van der Waals surface area contributed by atoms with E-state index < -0.39 is 29.3 Å². The standard InChI is InChI=1S/C29H18O13/c1-35-28(33)15-9-13(19(17-5-3-7-37-17)26-24(15)39-11-41-26)21(30)23(32)22(31)14-10-16(29(34)36-2)25-27(42-12-40-25)20(14)18-6-4-8-38-18/h3-10H,11-12H2,1-2H3. The molecular formula is C29H18O13. The van der Waals surface area contributed by atoms with E-state index in [2.05, 4.69) is 0 Å². The number of hydrogen-bond acceptors (Lipinski definition) is 13. The number of fused-ring (bicyclic) bond motifs is 2. The first-order valence-electron chi connectivity index (χ1n) is 12.2. The lowest BCUT2D eigenvalue weighted by Crippen LogP contribution is -2.26. The highest BCUT2D eigenvalue weighted by Gasteiger charge is 2.39. The number of rotatable bonds is 8. The number of carbonyl (C=O) groups excluding carboxylic acids is 5. The smallest absolute Gasteiger partial charge is 0.341 e. The molecule has 212 valence electrons. The Bertz CT molecular complexity index is 1650. The number of esters is 2. The number of Topliss-reactive ketones (excluding diaryl/α,β-unsaturated/α-hetero) is 3. The Morgan fingerprint density at radius 3 is 1.36 bits per heavy atom. The van der Waals surface area contributed by atoms with Crippen LogP contribution in [0.5, 0.6) is 23.0 Å². The molecule has 0 aliphatic carbocycles. The third-order valence-corrected chi connectivity index (χ3v) is 6.53. The zero-order valence-electron chi connectivity index (χ0n) is 21.8. The Hall–Kier alpha value is -5.85. The third-order valence-electron chi connectivity index (χ3n) is 6.53. The summed E-state index contributed by atoms with van der Waals surface area (Å²) in [6, 6.07) is 8.18. The summed E-state index contributed by atoms with van der Waals surface area (Å²) in [5.74, 6) is -5.84. The number of carbonyl (C=O) groups is 5. The van der Waals surface area contributed by atoms with Gasteiger partial charge in [0.05, 0.1) is 37.9 Å². The Labute approximate surface area is 235 Å². The van der Waals surface area contributed by atoms with Crippen molar-refractivity contribution in [2.24, 2.45) is 0 Å². The van der Waals surface area contributed by atoms with Gasteiger partial charge in [0.1, 0.15) is 22.6 Å². The van der Waals surface area contributed by atoms with Crippen LogP contribution < -0.4 is 18.9 Å². The zero-order chi connectivity index (χ0) is 29.5. The highest BCUT2D eigenvalue weighted by Crippen LogP contribution is 2.48. The first-order valence-corrected chi connectivity index (χ1v) is 12.2. The minimum atomic E-state index is -1.51. The number of hydrogen-bond donors (Lipinski definition) is 0. The molecule has 0 saturated heterocycles. The third kappa shape index (κ3) is 4.06. The zero-order valence-corrected chi connectivity index (χ0v) is 21.8. The van der Waals surface area contributed by atoms with Gasteiger partial charge in [-0.05, 0) is 36.4 Å². The minimum absolute atomic E-state index is 0.0153. The monoisotopic (exact) mass is 574 g/mol. The van der Waals surface area contributed by atoms with Crippen molar-refractivity contribution in [3.8, 4) is 45.6 Å². The van der Waals surface area contributed by atoms with E-state index in [1.54, 1.807) is 0 Å². The second-order valence-corrected chi connectivity index (χ2v) is 8.75. The molecule has 0 amide bonds. The van der Waals surface area contributed by atoms with Gasteiger partial charge in [-0.25, -0.2) is 9.59 Å². The van der Waals surface area contributed by atoms with Gasteiger partial charge in [-0.2, -0.15) is 0 Å². The van der Waals surface area contributed by atoms with E-state index in [0.717, 1.165) is 26.4 Å². The summed E-state index contributed by atoms with van der Waals surface area (Å²) in [6.07, 6.45) is 2.65. The summed E-state index contributed by atoms with van der Waals surface area (Å²) in [5, 5.41) is 0. The van der Waals surface area contributed by atoms with Crippen molar-refractivity contribution in [3.05, 3.63) is 71.2 Å². The largest absolute Gasteiger partial charge is 0.465 e. The SMILES string of the molecule is COC(=O)c1cc(C(=O)C(=O)C(=O)c2cc(C(=O)OC)c3c(c2-c2ccco2)OCO3)c(-c2ccco2)c2c1OCO2. The van der Waals surface area contributed by atoms with E-state index in [1.807, 2.05) is 0 Å². The lowest BCUT2D eigenvalue weighted by atomic mass is 9.90. The second-order valence-electron chi connectivity index (χ2n) is 8.75. The fraction of sp³-hybridized carbons (Fsp3) is 0.138. The van der Waals surface area contributed by atoms with Crippen LogP contribution in [0.1, 0.15) is 41.4 Å². The van der Waals surface area contributed by atoms with Gasteiger partial charge in [-0.1, -0.05) is 0 Å². The number of ether oxygens (including phenoxy) is 6. The van der Waals surface area contributed by atoms with Gasteiger partial charge in [0.25, 0.3) is 5.78 Å². The van der Waals surface area contributed by atoms with Crippen LogP contribution in [-0.2, 0) is 14.3 Å². The van der Waals surface area contributed by atoms with Crippen molar-refractivity contribution in [3.63, 3.8) is 0 Å². The normalized spacial score (nSPS) is 12.6. The molecule has 0 saturated carbocycles. The highest BCUT2D eigenvalue weighted by molar-refractivity contribution is 6.70. The molecule has 0 radical (unpaired) electrons. The first-order chi connectivity index (χ1) is 20.3. The van der Waals surface area contributed by atoms with E-state index in [0.29, 0.717) is 0 Å². The van der Waals surface area contributed by atoms with Gasteiger partial charge in [0.2, 0.25) is 25.2 Å². The molecule has 42 heavy (non-hydrogen) atoms. The number of methoxy groups -OCH3 is 2. The molecule has 0 atom stereocenters. The van der Waals surface area contributed by atoms with Crippen LogP contribution in [0.3, 0.4) is 0 Å². The molecule has 4 heterocycles. The molecule has 6 rings (SSSR count). The predicted octanol–water partition coefficient (Wildman–Crippen LogP) is 3.87. The van der Waals surface area contributed by atoms with E-state index in [9.17, 15) is 24.0 Å². The van der Waals surface area contributed by atoms with Crippen LogP contribution in [0.2, 0.25) is 0 Å². The Morgan fingerprint density at radius 1 is 0.595 bits per heavy atom. The first kappa shape index (κ1) is 26.4. The van der Waals surface area contributed by atoms with Gasteiger partial charge in [0.15, 0.2) is 23.0 Å². The topological polar surface area (TPSA) is 167 Å². The Morgan fingerprint density at radius 2 is 1.00 bits per heavy atom. The van der Waals surface area contributed by atoms with E-state index in [-0.39, 0.29) is 81.5 Å². The van der Waals surface area contributed by atoms with Crippen molar-refractivity contribution >= 4 is 29.3 Å². The fourth-order valence-electron chi connectivity index (χ4n) is 4.70. The van der Waals surface area contributed by atoms with Gasteiger partial charge in [0, 0.05) is 11.1 Å². The maximum Gasteiger partial charge on any atom is 0.341 e. The van der Waals surface area contributed by atoms with Crippen molar-refractivity contribution in [1.29, 1.82) is 0 Å². The van der Waals surface area contributed by atoms with E-state index >= 15 is 0 Å². The molecule has 0 N–H and O–H groups in total. The quantitative estimate of drug-likeness (QED) is 0.129. The lowest BCUT2D eigenvalue weighted by Gasteiger charge is -2.14. The average molecular weight is 574 g/mol. The molecule has 2 aliphatic rings. The fourth-order valence-corrected chi connectivity index (χ4v) is 4.70. The van der Waals surface area contributed by atoms with Gasteiger partial charge in [-0.15, -0.1) is 0 Å². The molecule has 2 aromatic heterocycles. The molecule has 0 bridgehead atoms. The summed E-state index contributed by atoms with van der Waals surface area (Å²) in [4.78, 5) is 66.4. The van der Waals surface area contributed by atoms with Gasteiger partial charge >= 0.3 is 11.9 Å². The van der Waals surface area contributed by atoms with Crippen LogP contribution in [0.25, 0.3) is 22.6 Å². The second kappa shape index (κ2) is 10.3. The van der Waals surface area contributed by atoms with Gasteiger partial charge in [-0.3, -0.25) is 14.4 Å². The molecule has 0 unspecified atom stereocenters. The van der Waals surface area contributed by atoms with Crippen LogP contribution >= 0.6 is 0 Å². The summed E-state index contributed by atoms with van der Waals surface area (Å²) in [7, 11) is 2.24. The van der Waals surface area contributed by atoms with Crippen LogP contribution in [0.4, 0.5) is 0 Å². The number of furan rings is 2. The minimum Gasteiger partial charge on any atom is -0.465 e. The highest BCUT2D eigenvalue weighted by atomic mass is 16.7. The molecule has 2 aliphatic heterocycles. The van der Waals surface area contributed by atoms with Crippen LogP contribution in [0.15, 0.2) is 57.8 Å². The van der Waals surface area contributed by atoms with Gasteiger partial charge < -0.3 is 37.3 Å². The molecule has 4 aromatic rings. The van der Waals surface area contributed by atoms with Crippen molar-refractivity contribution in [2.75, 3.05) is 27.8 Å². The van der Waals surface area contributed by atoms with Crippen molar-refractivity contribution in [2.45, 2.75) is 0 Å². The van der Waals surface area contributed by atoms with Crippen LogP contribution in [0, 0.1) is 0 Å². The molecule has 2 aromatic carbocycles. The van der Waals surface area contributed by atoms with Crippen LogP contribution in [-0.4, -0.2) is 57.1 Å². The predicted molar refractivity (Wildman–Crippen MR) is 137 cm³/mol. The molecular weight excluding hydrogens is 556 g/mol. The van der Waals surface area contributed by atoms with Crippen molar-refractivity contribution in [1.82, 2.24) is 0 Å². The lowest BCUT2D eigenvalue weighted by molar-refractivity contribution is -0.111. The number of benzene rings is 2. The Kier molecular flexibility index (Phi) is 6.46. The number of ketones is 3. The summed E-state index contributed by atoms with van der Waals surface area (Å²) in [5.41, 5.74) is -1.23. The van der Waals surface area contributed by atoms with Crippen molar-refractivity contribution < 1.29 is 61.2 Å². The summed E-state index contributed by atoms with van der Waals surface area (Å²) >= 11 is 0. The molecule has 0 spiro atoms. The molecule has 13 heteroatoms. The maximum absolute atomic E-state index is 13.8. The van der Waals surface area contributed by atoms with E-state index in [1.165, 1.54) is 36.8 Å². The Balaban J connectivity index is 1.52. The summed E-state index contributed by atoms with van der Waals surface area (Å²) < 4.78 is 42.5. The maximum atomic E-state index is 13.8. The van der Waals surface area contributed by atoms with E-state index in [4.69, 9.17) is 37.3 Å². The summed E-state index contributed by atoms with van der Waals surface area (Å²) in [6.45, 7) is -0.588. The molecule has 0 fully saturated rings.